The Balaban J connectivity index is 1.99. The van der Waals surface area contributed by atoms with E-state index in [9.17, 15) is 4.79 Å². The molecule has 2 aromatic heterocycles. The van der Waals surface area contributed by atoms with Crippen molar-refractivity contribution < 1.29 is 4.79 Å². The summed E-state index contributed by atoms with van der Waals surface area (Å²) in [5, 5.41) is 6.96. The number of carbonyl (C=O) groups is 1. The Morgan fingerprint density at radius 3 is 3.00 bits per heavy atom. The second-order valence-electron chi connectivity index (χ2n) is 4.38. The van der Waals surface area contributed by atoms with Crippen molar-refractivity contribution in [1.29, 1.82) is 0 Å². The number of hydrogen-bond acceptors (Lipinski definition) is 4. The van der Waals surface area contributed by atoms with Crippen molar-refractivity contribution in [3.63, 3.8) is 0 Å². The molecule has 0 aromatic carbocycles. The van der Waals surface area contributed by atoms with Crippen molar-refractivity contribution >= 4 is 5.91 Å². The van der Waals surface area contributed by atoms with Crippen LogP contribution in [0.4, 0.5) is 0 Å². The van der Waals surface area contributed by atoms with E-state index in [0.29, 0.717) is 17.7 Å². The third kappa shape index (κ3) is 3.91. The molecular weight excluding hydrogens is 266 g/mol. The maximum atomic E-state index is 12.2. The minimum absolute atomic E-state index is 0.166. The fraction of sp³-hybridized carbons (Fsp3) is 0.267. The van der Waals surface area contributed by atoms with Crippen LogP contribution < -0.4 is 11.1 Å². The van der Waals surface area contributed by atoms with E-state index in [-0.39, 0.29) is 12.5 Å². The highest BCUT2D eigenvalue weighted by Crippen LogP contribution is 2.05. The van der Waals surface area contributed by atoms with Crippen LogP contribution in [0.3, 0.4) is 0 Å². The Morgan fingerprint density at radius 2 is 2.29 bits per heavy atom. The van der Waals surface area contributed by atoms with Gasteiger partial charge in [-0.1, -0.05) is 11.8 Å². The molecule has 6 heteroatoms. The highest BCUT2D eigenvalue weighted by atomic mass is 16.1. The van der Waals surface area contributed by atoms with Gasteiger partial charge in [0.1, 0.15) is 0 Å². The lowest BCUT2D eigenvalue weighted by Crippen LogP contribution is -2.27. The SMILES string of the molecule is Cn1nccc1CCNC(=O)c1ccncc1C#CCN. The topological polar surface area (TPSA) is 85.8 Å². The third-order valence-corrected chi connectivity index (χ3v) is 2.98. The number of carbonyl (C=O) groups excluding carboxylic acids is 1. The Labute approximate surface area is 123 Å². The Kier molecular flexibility index (Phi) is 5.07. The molecule has 0 aliphatic carbocycles. The smallest absolute Gasteiger partial charge is 0.252 e. The summed E-state index contributed by atoms with van der Waals surface area (Å²) < 4.78 is 1.79. The average Bonchev–Trinajstić information content (AvgIpc) is 2.91. The van der Waals surface area contributed by atoms with E-state index in [1.807, 2.05) is 13.1 Å². The van der Waals surface area contributed by atoms with Crippen molar-refractivity contribution in [2.45, 2.75) is 6.42 Å². The Bertz CT molecular complexity index is 681. The van der Waals surface area contributed by atoms with Crippen molar-refractivity contribution in [1.82, 2.24) is 20.1 Å². The second-order valence-corrected chi connectivity index (χ2v) is 4.38. The monoisotopic (exact) mass is 283 g/mol. The molecule has 3 N–H and O–H groups in total. The third-order valence-electron chi connectivity index (χ3n) is 2.98. The highest BCUT2D eigenvalue weighted by molar-refractivity contribution is 5.96. The fourth-order valence-electron chi connectivity index (χ4n) is 1.88. The van der Waals surface area contributed by atoms with Crippen LogP contribution in [0, 0.1) is 11.8 Å². The number of amides is 1. The van der Waals surface area contributed by atoms with Gasteiger partial charge in [0.05, 0.1) is 17.7 Å². The van der Waals surface area contributed by atoms with Crippen LogP contribution in [0.15, 0.2) is 30.7 Å². The number of rotatable bonds is 4. The standard InChI is InChI=1S/C15H17N5O/c1-20-13(5-10-19-20)4-9-18-15(21)14-6-8-17-11-12(14)3-2-7-16/h5-6,8,10-11H,4,7,9,16H2,1H3,(H,18,21). The van der Waals surface area contributed by atoms with E-state index in [2.05, 4.69) is 27.2 Å². The van der Waals surface area contributed by atoms with E-state index in [0.717, 1.165) is 12.1 Å². The van der Waals surface area contributed by atoms with Crippen LogP contribution in [0.1, 0.15) is 21.6 Å². The molecule has 6 nitrogen and oxygen atoms in total. The maximum absolute atomic E-state index is 12.2. The minimum Gasteiger partial charge on any atom is -0.352 e. The predicted molar refractivity (Wildman–Crippen MR) is 79.4 cm³/mol. The van der Waals surface area contributed by atoms with Gasteiger partial charge in [-0.2, -0.15) is 5.10 Å². The van der Waals surface area contributed by atoms with E-state index >= 15 is 0 Å². The molecule has 0 fully saturated rings. The number of nitrogens with two attached hydrogens (primary N) is 1. The zero-order valence-corrected chi connectivity index (χ0v) is 11.8. The van der Waals surface area contributed by atoms with Gasteiger partial charge in [0.15, 0.2) is 0 Å². The first-order chi connectivity index (χ1) is 10.2. The zero-order chi connectivity index (χ0) is 15.1. The summed E-state index contributed by atoms with van der Waals surface area (Å²) in [6.07, 6.45) is 5.60. The average molecular weight is 283 g/mol. The summed E-state index contributed by atoms with van der Waals surface area (Å²) in [5.41, 5.74) is 7.51. The van der Waals surface area contributed by atoms with Gasteiger partial charge in [-0.15, -0.1) is 0 Å². The largest absolute Gasteiger partial charge is 0.352 e. The molecule has 1 amide bonds. The van der Waals surface area contributed by atoms with E-state index in [1.165, 1.54) is 0 Å². The number of hydrogen-bond donors (Lipinski definition) is 2. The van der Waals surface area contributed by atoms with Gasteiger partial charge in [0.25, 0.3) is 5.91 Å². The van der Waals surface area contributed by atoms with Crippen molar-refractivity contribution in [2.24, 2.45) is 12.8 Å². The Morgan fingerprint density at radius 1 is 1.43 bits per heavy atom. The van der Waals surface area contributed by atoms with E-state index in [4.69, 9.17) is 5.73 Å². The molecule has 21 heavy (non-hydrogen) atoms. The number of pyridine rings is 1. The first-order valence-corrected chi connectivity index (χ1v) is 6.60. The Hall–Kier alpha value is -2.65. The molecule has 0 bridgehead atoms. The lowest BCUT2D eigenvalue weighted by molar-refractivity contribution is 0.0953. The van der Waals surface area contributed by atoms with Crippen molar-refractivity contribution in [3.05, 3.63) is 47.5 Å². The summed E-state index contributed by atoms with van der Waals surface area (Å²) >= 11 is 0. The van der Waals surface area contributed by atoms with Gasteiger partial charge >= 0.3 is 0 Å². The first kappa shape index (κ1) is 14.8. The summed E-state index contributed by atoms with van der Waals surface area (Å²) in [7, 11) is 1.88. The lowest BCUT2D eigenvalue weighted by atomic mass is 10.1. The van der Waals surface area contributed by atoms with Crippen LogP contribution in [0.5, 0.6) is 0 Å². The zero-order valence-electron chi connectivity index (χ0n) is 11.8. The van der Waals surface area contributed by atoms with Crippen molar-refractivity contribution in [2.75, 3.05) is 13.1 Å². The van der Waals surface area contributed by atoms with E-state index in [1.54, 1.807) is 29.3 Å². The maximum Gasteiger partial charge on any atom is 0.252 e. The number of nitrogens with zero attached hydrogens (tertiary/aromatic N) is 3. The molecule has 0 radical (unpaired) electrons. The molecule has 108 valence electrons. The van der Waals surface area contributed by atoms with E-state index < -0.39 is 0 Å². The molecule has 0 aliphatic heterocycles. The number of aryl methyl sites for hydroxylation is 1. The summed E-state index contributed by atoms with van der Waals surface area (Å²) in [6.45, 7) is 0.779. The van der Waals surface area contributed by atoms with Crippen LogP contribution in [-0.4, -0.2) is 33.8 Å². The molecule has 0 saturated heterocycles. The van der Waals surface area contributed by atoms with Crippen molar-refractivity contribution in [3.8, 4) is 11.8 Å². The van der Waals surface area contributed by atoms with Gasteiger partial charge in [0.2, 0.25) is 0 Å². The van der Waals surface area contributed by atoms with Crippen LogP contribution in [0.2, 0.25) is 0 Å². The minimum atomic E-state index is -0.166. The predicted octanol–water partition coefficient (Wildman–Crippen LogP) is 0.0978. The number of aromatic nitrogens is 3. The molecule has 0 atom stereocenters. The molecule has 0 spiro atoms. The quantitative estimate of drug-likeness (QED) is 0.779. The molecule has 0 aliphatic rings. The second kappa shape index (κ2) is 7.22. The summed E-state index contributed by atoms with van der Waals surface area (Å²) in [5.74, 6) is 5.42. The first-order valence-electron chi connectivity index (χ1n) is 6.60. The molecule has 2 aromatic rings. The molecule has 2 heterocycles. The highest BCUT2D eigenvalue weighted by Gasteiger charge is 2.09. The van der Waals surface area contributed by atoms with Gasteiger partial charge in [-0.3, -0.25) is 14.5 Å². The van der Waals surface area contributed by atoms with Gasteiger partial charge in [0, 0.05) is 44.3 Å². The number of nitrogens with one attached hydrogen (secondary N) is 1. The fourth-order valence-corrected chi connectivity index (χ4v) is 1.88. The summed E-state index contributed by atoms with van der Waals surface area (Å²) in [6, 6.07) is 3.58. The molecule has 2 rings (SSSR count). The van der Waals surface area contributed by atoms with Crippen LogP contribution >= 0.6 is 0 Å². The normalized spacial score (nSPS) is 9.81. The van der Waals surface area contributed by atoms with Crippen LogP contribution in [0.25, 0.3) is 0 Å². The van der Waals surface area contributed by atoms with Gasteiger partial charge in [-0.05, 0) is 12.1 Å². The molecule has 0 unspecified atom stereocenters. The van der Waals surface area contributed by atoms with Gasteiger partial charge < -0.3 is 11.1 Å². The lowest BCUT2D eigenvalue weighted by Gasteiger charge is -2.07. The van der Waals surface area contributed by atoms with Crippen LogP contribution in [-0.2, 0) is 13.5 Å². The summed E-state index contributed by atoms with van der Waals surface area (Å²) in [4.78, 5) is 16.2. The van der Waals surface area contributed by atoms with Gasteiger partial charge in [-0.25, -0.2) is 0 Å². The molecular formula is C15H17N5O. The molecule has 0 saturated carbocycles.